The Hall–Kier alpha value is -3.75. The van der Waals surface area contributed by atoms with Crippen molar-refractivity contribution in [2.75, 3.05) is 12.4 Å². The molecule has 5 rings (SSSR count). The predicted octanol–water partition coefficient (Wildman–Crippen LogP) is 8.40. The quantitative estimate of drug-likeness (QED) is 0.223. The summed E-state index contributed by atoms with van der Waals surface area (Å²) in [5, 5.41) is 3.30. The molecule has 0 spiro atoms. The van der Waals surface area contributed by atoms with Crippen LogP contribution >= 0.6 is 23.1 Å². The lowest BCUT2D eigenvalue weighted by molar-refractivity contribution is -0.143. The van der Waals surface area contributed by atoms with Crippen LogP contribution in [0.4, 0.5) is 14.9 Å². The van der Waals surface area contributed by atoms with Crippen molar-refractivity contribution in [1.82, 2.24) is 4.37 Å². The van der Waals surface area contributed by atoms with Gasteiger partial charge in [0.15, 0.2) is 0 Å². The first-order valence-corrected chi connectivity index (χ1v) is 14.0. The van der Waals surface area contributed by atoms with Gasteiger partial charge < -0.3 is 9.47 Å². The van der Waals surface area contributed by atoms with Gasteiger partial charge in [0.2, 0.25) is 0 Å². The summed E-state index contributed by atoms with van der Waals surface area (Å²) < 4.78 is 30.5. The van der Waals surface area contributed by atoms with E-state index in [1.807, 2.05) is 37.3 Å². The van der Waals surface area contributed by atoms with Gasteiger partial charge in [0.05, 0.1) is 28.8 Å². The number of amides is 1. The summed E-state index contributed by atoms with van der Waals surface area (Å²) in [5.41, 5.74) is 4.65. The Kier molecular flexibility index (Phi) is 7.66. The minimum Gasteiger partial charge on any atom is -0.468 e. The molecule has 1 aliphatic carbocycles. The van der Waals surface area contributed by atoms with E-state index in [4.69, 9.17) is 21.1 Å². The predicted molar refractivity (Wildman–Crippen MR) is 155 cm³/mol. The van der Waals surface area contributed by atoms with E-state index in [0.29, 0.717) is 43.5 Å². The lowest BCUT2D eigenvalue weighted by atomic mass is 9.92. The van der Waals surface area contributed by atoms with Crippen molar-refractivity contribution in [1.29, 1.82) is 0 Å². The molecule has 0 saturated heterocycles. The smallest absolute Gasteiger partial charge is 0.412 e. The van der Waals surface area contributed by atoms with Crippen LogP contribution in [0, 0.1) is 19.7 Å². The number of halogens is 2. The zero-order chi connectivity index (χ0) is 28.6. The van der Waals surface area contributed by atoms with E-state index in [1.165, 1.54) is 24.7 Å². The second-order valence-electron chi connectivity index (χ2n) is 9.96. The maximum Gasteiger partial charge on any atom is 0.412 e. The largest absolute Gasteiger partial charge is 0.468 e. The van der Waals surface area contributed by atoms with Crippen LogP contribution in [0.5, 0.6) is 0 Å². The first-order valence-electron chi connectivity index (χ1n) is 12.8. The van der Waals surface area contributed by atoms with Gasteiger partial charge in [-0.3, -0.25) is 10.1 Å². The minimum atomic E-state index is -0.660. The molecule has 40 heavy (non-hydrogen) atoms. The van der Waals surface area contributed by atoms with E-state index in [0.717, 1.165) is 24.0 Å². The summed E-state index contributed by atoms with van der Waals surface area (Å²) in [6, 6.07) is 17.8. The third kappa shape index (κ3) is 5.21. The molecule has 0 bridgehead atoms. The van der Waals surface area contributed by atoms with Gasteiger partial charge >= 0.3 is 12.1 Å². The number of nitrogens with one attached hydrogen (secondary N) is 1. The van der Waals surface area contributed by atoms with Gasteiger partial charge in [-0.25, -0.2) is 9.18 Å². The first kappa shape index (κ1) is 27.8. The number of methoxy groups -OCH3 is 1. The number of esters is 1. The number of carbonyl (C=O) groups is 2. The Bertz CT molecular complexity index is 1600. The number of aromatic nitrogens is 1. The fraction of sp³-hybridized carbons (Fsp3) is 0.258. The molecule has 1 saturated carbocycles. The maximum atomic E-state index is 15.5. The summed E-state index contributed by atoms with van der Waals surface area (Å²) in [6.07, 6.45) is 0.264. The summed E-state index contributed by atoms with van der Waals surface area (Å²) in [4.78, 5) is 25.6. The van der Waals surface area contributed by atoms with Gasteiger partial charge in [0.1, 0.15) is 11.9 Å². The molecule has 206 valence electrons. The van der Waals surface area contributed by atoms with Crippen LogP contribution in [0.25, 0.3) is 21.6 Å². The zero-order valence-electron chi connectivity index (χ0n) is 22.5. The van der Waals surface area contributed by atoms with Gasteiger partial charge in [-0.2, -0.15) is 4.37 Å². The summed E-state index contributed by atoms with van der Waals surface area (Å²) in [6.45, 7) is 5.40. The van der Waals surface area contributed by atoms with Crippen molar-refractivity contribution in [3.63, 3.8) is 0 Å². The third-order valence-corrected chi connectivity index (χ3v) is 8.67. The van der Waals surface area contributed by atoms with Gasteiger partial charge in [-0.1, -0.05) is 54.1 Å². The molecule has 1 aromatic heterocycles. The highest BCUT2D eigenvalue weighted by molar-refractivity contribution is 7.10. The van der Waals surface area contributed by atoms with Crippen LogP contribution in [-0.4, -0.2) is 23.5 Å². The van der Waals surface area contributed by atoms with Gasteiger partial charge in [0.25, 0.3) is 0 Å². The highest BCUT2D eigenvalue weighted by Gasteiger charge is 2.52. The minimum absolute atomic E-state index is 0.238. The van der Waals surface area contributed by atoms with Crippen molar-refractivity contribution in [3.8, 4) is 21.6 Å². The molecule has 1 amide bonds. The van der Waals surface area contributed by atoms with E-state index >= 15 is 4.39 Å². The fourth-order valence-electron chi connectivity index (χ4n) is 4.91. The number of nitrogens with zero attached hydrogens (tertiary/aromatic N) is 1. The van der Waals surface area contributed by atoms with Crippen molar-refractivity contribution in [2.24, 2.45) is 0 Å². The summed E-state index contributed by atoms with van der Waals surface area (Å²) >= 11 is 7.42. The highest BCUT2D eigenvalue weighted by atomic mass is 35.5. The summed E-state index contributed by atoms with van der Waals surface area (Å²) in [5.74, 6) is -0.646. The van der Waals surface area contributed by atoms with E-state index in [1.54, 1.807) is 38.1 Å². The Balaban J connectivity index is 1.38. The molecular weight excluding hydrogens is 551 g/mol. The molecule has 1 aliphatic rings. The van der Waals surface area contributed by atoms with Crippen LogP contribution in [0.15, 0.2) is 60.7 Å². The standard InChI is InChI=1S/C31H28ClFN2O4S/c1-17-15-24(20-9-11-21(12-10-20)31(13-14-31)29(36)38-4)26(33)16-23(17)28-27(18(2)35-40-28)34-30(37)39-19(3)22-7-5-6-8-25(22)32/h5-12,15-16,19H,13-14H2,1-4H3,(H,34,37)/t19-/m1/s1. The number of ether oxygens (including phenoxy) is 2. The molecule has 0 aliphatic heterocycles. The second-order valence-corrected chi connectivity index (χ2v) is 11.1. The maximum absolute atomic E-state index is 15.5. The number of anilines is 1. The van der Waals surface area contributed by atoms with Crippen LogP contribution < -0.4 is 5.32 Å². The first-order chi connectivity index (χ1) is 19.1. The molecule has 6 nitrogen and oxygen atoms in total. The van der Waals surface area contributed by atoms with Crippen LogP contribution in [0.1, 0.15) is 48.3 Å². The molecule has 4 aromatic rings. The molecule has 1 fully saturated rings. The van der Waals surface area contributed by atoms with E-state index < -0.39 is 23.4 Å². The van der Waals surface area contributed by atoms with Gasteiger partial charge in [-0.05, 0) is 80.0 Å². The van der Waals surface area contributed by atoms with Crippen LogP contribution in [0.2, 0.25) is 5.02 Å². The van der Waals surface area contributed by atoms with Crippen molar-refractivity contribution < 1.29 is 23.5 Å². The molecule has 1 N–H and O–H groups in total. The number of rotatable bonds is 7. The van der Waals surface area contributed by atoms with Gasteiger partial charge in [0, 0.05) is 21.7 Å². The molecule has 3 aromatic carbocycles. The average Bonchev–Trinajstić information content (AvgIpc) is 3.68. The Morgan fingerprint density at radius 3 is 2.42 bits per heavy atom. The number of benzene rings is 3. The fourth-order valence-corrected chi connectivity index (χ4v) is 6.13. The lowest BCUT2D eigenvalue weighted by Gasteiger charge is -2.16. The number of hydrogen-bond acceptors (Lipinski definition) is 6. The Morgan fingerprint density at radius 1 is 1.07 bits per heavy atom. The molecule has 9 heteroatoms. The summed E-state index contributed by atoms with van der Waals surface area (Å²) in [7, 11) is 1.40. The average molecular weight is 579 g/mol. The van der Waals surface area contributed by atoms with E-state index in [9.17, 15) is 9.59 Å². The van der Waals surface area contributed by atoms with E-state index in [-0.39, 0.29) is 5.97 Å². The SMILES string of the molecule is COC(=O)C1(c2ccc(-c3cc(C)c(-c4snc(C)c4NC(=O)O[C@H](C)c4ccccc4Cl)cc3F)cc2)CC1. The lowest BCUT2D eigenvalue weighted by Crippen LogP contribution is -2.21. The molecule has 1 atom stereocenters. The topological polar surface area (TPSA) is 77.5 Å². The normalized spacial score (nSPS) is 14.3. The Labute approximate surface area is 241 Å². The zero-order valence-corrected chi connectivity index (χ0v) is 24.1. The monoisotopic (exact) mass is 578 g/mol. The van der Waals surface area contributed by atoms with Crippen molar-refractivity contribution in [2.45, 2.75) is 45.1 Å². The number of hydrogen-bond donors (Lipinski definition) is 1. The number of carbonyl (C=O) groups excluding carboxylic acids is 2. The molecule has 1 heterocycles. The second kappa shape index (κ2) is 11.0. The highest BCUT2D eigenvalue weighted by Crippen LogP contribution is 2.49. The van der Waals surface area contributed by atoms with Crippen molar-refractivity contribution in [3.05, 3.63) is 93.9 Å². The van der Waals surface area contributed by atoms with Crippen LogP contribution in [0.3, 0.4) is 0 Å². The van der Waals surface area contributed by atoms with E-state index in [2.05, 4.69) is 9.69 Å². The van der Waals surface area contributed by atoms with Crippen LogP contribution in [-0.2, 0) is 19.7 Å². The third-order valence-electron chi connectivity index (χ3n) is 7.35. The molecular formula is C31H28ClFN2O4S. The Morgan fingerprint density at radius 2 is 1.77 bits per heavy atom. The number of aryl methyl sites for hydroxylation is 2. The van der Waals surface area contributed by atoms with Gasteiger partial charge in [-0.15, -0.1) is 0 Å². The molecule has 0 radical (unpaired) electrons. The van der Waals surface area contributed by atoms with Crippen molar-refractivity contribution >= 4 is 40.9 Å². The molecule has 0 unspecified atom stereocenters.